The number of carbonyl (C=O) groups excluding carboxylic acids is 4. The van der Waals surface area contributed by atoms with Crippen molar-refractivity contribution in [1.29, 1.82) is 0 Å². The lowest BCUT2D eigenvalue weighted by Crippen LogP contribution is -2.45. The molecule has 0 radical (unpaired) electrons. The summed E-state index contributed by atoms with van der Waals surface area (Å²) in [5.41, 5.74) is 0.167. The first-order valence-electron chi connectivity index (χ1n) is 10.4. The molecule has 1 fully saturated rings. The van der Waals surface area contributed by atoms with Crippen LogP contribution >= 0.6 is 0 Å². The van der Waals surface area contributed by atoms with Crippen molar-refractivity contribution in [3.63, 3.8) is 0 Å². The topological polar surface area (TPSA) is 108 Å². The van der Waals surface area contributed by atoms with Gasteiger partial charge in [0.15, 0.2) is 0 Å². The van der Waals surface area contributed by atoms with Gasteiger partial charge in [-0.05, 0) is 43.7 Å². The second-order valence-electron chi connectivity index (χ2n) is 8.18. The average molecular weight is 492 g/mol. The molecule has 0 aromatic heterocycles. The number of anilines is 1. The number of rotatable bonds is 7. The Balaban J connectivity index is 1.62. The number of alkyl halides is 3. The smallest absolute Gasteiger partial charge is 0.406 e. The fourth-order valence-electron chi connectivity index (χ4n) is 3.42. The van der Waals surface area contributed by atoms with E-state index in [1.54, 1.807) is 12.1 Å². The SMILES string of the molecule is Cc1ccc(NC(=O)CN(C)C(=O)CN2C(=O)NC(C)(c3ccc(OC(F)(F)F)cc3)C2=O)cc1. The fourth-order valence-corrected chi connectivity index (χ4v) is 3.42. The van der Waals surface area contributed by atoms with E-state index in [1.165, 1.54) is 26.1 Å². The first-order valence-corrected chi connectivity index (χ1v) is 10.4. The van der Waals surface area contributed by atoms with Gasteiger partial charge in [0, 0.05) is 12.7 Å². The van der Waals surface area contributed by atoms with Gasteiger partial charge in [-0.25, -0.2) is 4.79 Å². The lowest BCUT2D eigenvalue weighted by Gasteiger charge is -2.23. The molecule has 1 heterocycles. The molecule has 1 unspecified atom stereocenters. The highest BCUT2D eigenvalue weighted by molar-refractivity contribution is 6.09. The molecule has 0 aliphatic carbocycles. The van der Waals surface area contributed by atoms with Crippen molar-refractivity contribution < 1.29 is 37.1 Å². The molecule has 0 spiro atoms. The minimum atomic E-state index is -4.87. The van der Waals surface area contributed by atoms with Crippen molar-refractivity contribution in [2.45, 2.75) is 25.7 Å². The van der Waals surface area contributed by atoms with Crippen LogP contribution in [0.1, 0.15) is 18.1 Å². The largest absolute Gasteiger partial charge is 0.573 e. The van der Waals surface area contributed by atoms with Gasteiger partial charge in [-0.3, -0.25) is 19.3 Å². The highest BCUT2D eigenvalue weighted by Gasteiger charge is 2.49. The number of amides is 5. The van der Waals surface area contributed by atoms with Gasteiger partial charge in [0.2, 0.25) is 11.8 Å². The second-order valence-corrected chi connectivity index (χ2v) is 8.18. The Morgan fingerprint density at radius 3 is 2.26 bits per heavy atom. The van der Waals surface area contributed by atoms with E-state index < -0.39 is 47.9 Å². The van der Waals surface area contributed by atoms with Gasteiger partial charge in [0.05, 0.1) is 6.54 Å². The van der Waals surface area contributed by atoms with Crippen LogP contribution in [0.25, 0.3) is 0 Å². The molecule has 2 N–H and O–H groups in total. The molecule has 5 amide bonds. The molecule has 0 bridgehead atoms. The van der Waals surface area contributed by atoms with Crippen LogP contribution in [0.2, 0.25) is 0 Å². The molecule has 1 saturated heterocycles. The minimum absolute atomic E-state index is 0.200. The molecule has 2 aromatic carbocycles. The number of likely N-dealkylation sites (N-methyl/N-ethyl adjacent to an activating group) is 1. The Morgan fingerprint density at radius 1 is 1.09 bits per heavy atom. The zero-order valence-corrected chi connectivity index (χ0v) is 19.1. The third-order valence-electron chi connectivity index (χ3n) is 5.38. The van der Waals surface area contributed by atoms with E-state index in [9.17, 15) is 32.3 Å². The third kappa shape index (κ3) is 6.08. The predicted octanol–water partition coefficient (Wildman–Crippen LogP) is 2.76. The predicted molar refractivity (Wildman–Crippen MR) is 118 cm³/mol. The van der Waals surface area contributed by atoms with Crippen LogP contribution in [0.5, 0.6) is 5.75 Å². The van der Waals surface area contributed by atoms with E-state index in [-0.39, 0.29) is 12.1 Å². The summed E-state index contributed by atoms with van der Waals surface area (Å²) in [5, 5.41) is 5.11. The molecule has 1 aliphatic rings. The van der Waals surface area contributed by atoms with Crippen molar-refractivity contribution in [3.05, 3.63) is 59.7 Å². The van der Waals surface area contributed by atoms with Gasteiger partial charge in [-0.15, -0.1) is 13.2 Å². The molecule has 1 aliphatic heterocycles. The number of hydrogen-bond acceptors (Lipinski definition) is 5. The fraction of sp³-hybridized carbons (Fsp3) is 0.304. The van der Waals surface area contributed by atoms with Gasteiger partial charge in [-0.1, -0.05) is 29.8 Å². The summed E-state index contributed by atoms with van der Waals surface area (Å²) in [6, 6.07) is 10.7. The summed E-state index contributed by atoms with van der Waals surface area (Å²) in [7, 11) is 1.36. The zero-order chi connectivity index (χ0) is 26.0. The van der Waals surface area contributed by atoms with Crippen LogP contribution < -0.4 is 15.4 Å². The first-order chi connectivity index (χ1) is 16.3. The maximum Gasteiger partial charge on any atom is 0.573 e. The molecule has 186 valence electrons. The Kier molecular flexibility index (Phi) is 7.04. The summed E-state index contributed by atoms with van der Waals surface area (Å²) < 4.78 is 40.9. The zero-order valence-electron chi connectivity index (χ0n) is 19.1. The highest BCUT2D eigenvalue weighted by atomic mass is 19.4. The molecule has 1 atom stereocenters. The molecule has 3 rings (SSSR count). The van der Waals surface area contributed by atoms with Crippen molar-refractivity contribution in [1.82, 2.24) is 15.1 Å². The summed E-state index contributed by atoms with van der Waals surface area (Å²) in [4.78, 5) is 52.0. The lowest BCUT2D eigenvalue weighted by molar-refractivity contribution is -0.274. The monoisotopic (exact) mass is 492 g/mol. The minimum Gasteiger partial charge on any atom is -0.406 e. The van der Waals surface area contributed by atoms with Crippen LogP contribution in [0, 0.1) is 6.92 Å². The normalized spacial score (nSPS) is 17.7. The summed E-state index contributed by atoms with van der Waals surface area (Å²) >= 11 is 0. The Bertz CT molecular complexity index is 1140. The van der Waals surface area contributed by atoms with Gasteiger partial charge >= 0.3 is 12.4 Å². The van der Waals surface area contributed by atoms with Crippen molar-refractivity contribution in [3.8, 4) is 5.75 Å². The maximum absolute atomic E-state index is 13.0. The number of nitrogens with zero attached hydrogens (tertiary/aromatic N) is 2. The van der Waals surface area contributed by atoms with Crippen molar-refractivity contribution in [2.75, 3.05) is 25.5 Å². The quantitative estimate of drug-likeness (QED) is 0.578. The summed E-state index contributed by atoms with van der Waals surface area (Å²) in [6.07, 6.45) is -4.87. The van der Waals surface area contributed by atoms with Gasteiger partial charge < -0.3 is 20.3 Å². The summed E-state index contributed by atoms with van der Waals surface area (Å²) in [6.45, 7) is 2.34. The molecular formula is C23H23F3N4O5. The molecule has 35 heavy (non-hydrogen) atoms. The number of hydrogen-bond donors (Lipinski definition) is 2. The molecular weight excluding hydrogens is 469 g/mol. The standard InChI is InChI=1S/C23H23F3N4O5/c1-14-4-8-16(9-5-14)27-18(31)12-29(3)19(32)13-30-20(33)22(2,28-21(30)34)15-6-10-17(11-7-15)35-23(24,25)26/h4-11H,12-13H2,1-3H3,(H,27,31)(H,28,34). The number of aryl methyl sites for hydroxylation is 1. The van der Waals surface area contributed by atoms with Gasteiger partial charge in [0.1, 0.15) is 17.8 Å². The number of urea groups is 1. The number of benzene rings is 2. The number of halogens is 3. The molecule has 2 aromatic rings. The van der Waals surface area contributed by atoms with E-state index in [4.69, 9.17) is 0 Å². The Morgan fingerprint density at radius 2 is 1.69 bits per heavy atom. The van der Waals surface area contributed by atoms with Crippen LogP contribution in [0.4, 0.5) is 23.7 Å². The maximum atomic E-state index is 13.0. The van der Waals surface area contributed by atoms with E-state index in [1.807, 2.05) is 19.1 Å². The van der Waals surface area contributed by atoms with Crippen LogP contribution in [-0.2, 0) is 19.9 Å². The first kappa shape index (κ1) is 25.5. The van der Waals surface area contributed by atoms with E-state index in [0.29, 0.717) is 10.6 Å². The van der Waals surface area contributed by atoms with E-state index >= 15 is 0 Å². The van der Waals surface area contributed by atoms with Gasteiger partial charge in [0.25, 0.3) is 5.91 Å². The molecule has 0 saturated carbocycles. The highest BCUT2D eigenvalue weighted by Crippen LogP contribution is 2.31. The molecule has 12 heteroatoms. The van der Waals surface area contributed by atoms with Crippen LogP contribution in [0.15, 0.2) is 48.5 Å². The van der Waals surface area contributed by atoms with Crippen LogP contribution in [0.3, 0.4) is 0 Å². The van der Waals surface area contributed by atoms with Gasteiger partial charge in [-0.2, -0.15) is 0 Å². The van der Waals surface area contributed by atoms with Crippen molar-refractivity contribution >= 4 is 29.4 Å². The number of carbonyl (C=O) groups is 4. The van der Waals surface area contributed by atoms with Crippen LogP contribution in [-0.4, -0.2) is 60.1 Å². The summed E-state index contributed by atoms with van der Waals surface area (Å²) in [5.74, 6) is -2.38. The number of ether oxygens (including phenoxy) is 1. The third-order valence-corrected chi connectivity index (χ3v) is 5.38. The Hall–Kier alpha value is -4.09. The van der Waals surface area contributed by atoms with E-state index in [0.717, 1.165) is 22.6 Å². The average Bonchev–Trinajstić information content (AvgIpc) is 2.98. The number of imide groups is 1. The van der Waals surface area contributed by atoms with Crippen molar-refractivity contribution in [2.24, 2.45) is 0 Å². The second kappa shape index (κ2) is 9.65. The Labute approximate surface area is 198 Å². The molecule has 9 nitrogen and oxygen atoms in total. The van der Waals surface area contributed by atoms with E-state index in [2.05, 4.69) is 15.4 Å². The number of nitrogens with one attached hydrogen (secondary N) is 2. The lowest BCUT2D eigenvalue weighted by atomic mass is 9.92.